The van der Waals surface area contributed by atoms with Gasteiger partial charge in [-0.15, -0.1) is 5.10 Å². The minimum Gasteiger partial charge on any atom is -0.348 e. The van der Waals surface area contributed by atoms with Crippen molar-refractivity contribution in [1.29, 1.82) is 0 Å². The lowest BCUT2D eigenvalue weighted by Gasteiger charge is -2.37. The predicted molar refractivity (Wildman–Crippen MR) is 86.7 cm³/mol. The number of hydrogen-bond acceptors (Lipinski definition) is 5. The van der Waals surface area contributed by atoms with Crippen molar-refractivity contribution in [1.82, 2.24) is 19.8 Å². The maximum atomic E-state index is 12.0. The molecule has 2 unspecified atom stereocenters. The van der Waals surface area contributed by atoms with Gasteiger partial charge in [-0.3, -0.25) is 9.69 Å². The molecule has 5 nitrogen and oxygen atoms in total. The summed E-state index contributed by atoms with van der Waals surface area (Å²) < 4.78 is 3.73. The van der Waals surface area contributed by atoms with E-state index < -0.39 is 0 Å². The molecule has 2 aromatic rings. The molecule has 2 heterocycles. The van der Waals surface area contributed by atoms with Gasteiger partial charge in [-0.05, 0) is 36.9 Å². The molecule has 1 N–H and O–H groups in total. The third-order valence-electron chi connectivity index (χ3n) is 4.17. The molecule has 0 spiro atoms. The lowest BCUT2D eigenvalue weighted by molar-refractivity contribution is 0.0862. The number of likely N-dealkylation sites (tertiary alicyclic amines) is 1. The zero-order valence-corrected chi connectivity index (χ0v) is 13.4. The number of benzene rings is 1. The van der Waals surface area contributed by atoms with Gasteiger partial charge in [0.1, 0.15) is 0 Å². The summed E-state index contributed by atoms with van der Waals surface area (Å²) in [7, 11) is 0. The molecule has 0 saturated carbocycles. The number of carbonyl (C=O) groups is 1. The summed E-state index contributed by atoms with van der Waals surface area (Å²) in [4.78, 5) is 14.5. The first-order chi connectivity index (χ1) is 10.7. The maximum absolute atomic E-state index is 12.0. The molecule has 1 saturated heterocycles. The van der Waals surface area contributed by atoms with Crippen LogP contribution in [0.25, 0.3) is 0 Å². The van der Waals surface area contributed by atoms with Crippen molar-refractivity contribution < 1.29 is 4.79 Å². The van der Waals surface area contributed by atoms with Gasteiger partial charge >= 0.3 is 0 Å². The van der Waals surface area contributed by atoms with Gasteiger partial charge in [0, 0.05) is 30.6 Å². The monoisotopic (exact) mass is 316 g/mol. The van der Waals surface area contributed by atoms with Gasteiger partial charge in [-0.25, -0.2) is 0 Å². The summed E-state index contributed by atoms with van der Waals surface area (Å²) in [6.07, 6.45) is 1.94. The smallest absolute Gasteiger partial charge is 0.272 e. The van der Waals surface area contributed by atoms with Gasteiger partial charge in [-0.2, -0.15) is 0 Å². The molecule has 22 heavy (non-hydrogen) atoms. The Morgan fingerprint density at radius 2 is 2.23 bits per heavy atom. The van der Waals surface area contributed by atoms with Crippen molar-refractivity contribution in [3.05, 3.63) is 47.0 Å². The highest BCUT2D eigenvalue weighted by Crippen LogP contribution is 2.20. The van der Waals surface area contributed by atoms with Crippen LogP contribution >= 0.6 is 11.5 Å². The first-order valence-corrected chi connectivity index (χ1v) is 8.42. The Kier molecular flexibility index (Phi) is 4.80. The van der Waals surface area contributed by atoms with Gasteiger partial charge in [0.15, 0.2) is 5.69 Å². The second kappa shape index (κ2) is 6.98. The Morgan fingerprint density at radius 3 is 2.91 bits per heavy atom. The van der Waals surface area contributed by atoms with E-state index in [1.165, 1.54) is 17.1 Å². The van der Waals surface area contributed by atoms with E-state index in [-0.39, 0.29) is 11.9 Å². The highest BCUT2D eigenvalue weighted by Gasteiger charge is 2.27. The Morgan fingerprint density at radius 1 is 1.41 bits per heavy atom. The molecule has 1 aromatic carbocycles. The second-order valence-electron chi connectivity index (χ2n) is 5.79. The number of rotatable bonds is 4. The number of carbonyl (C=O) groups excluding carboxylic acids is 1. The second-order valence-corrected chi connectivity index (χ2v) is 6.40. The number of aromatic nitrogens is 2. The fourth-order valence-corrected chi connectivity index (χ4v) is 3.36. The van der Waals surface area contributed by atoms with Crippen LogP contribution in [0.2, 0.25) is 0 Å². The first kappa shape index (κ1) is 15.1. The summed E-state index contributed by atoms with van der Waals surface area (Å²) in [6.45, 7) is 4.20. The average Bonchev–Trinajstić information content (AvgIpc) is 3.05. The molecule has 2 atom stereocenters. The van der Waals surface area contributed by atoms with Crippen LogP contribution in [0, 0.1) is 0 Å². The van der Waals surface area contributed by atoms with Crippen molar-refractivity contribution in [3.8, 4) is 0 Å². The van der Waals surface area contributed by atoms with E-state index in [1.807, 2.05) is 6.07 Å². The summed E-state index contributed by atoms with van der Waals surface area (Å²) in [5.41, 5.74) is 1.76. The quantitative estimate of drug-likeness (QED) is 0.940. The summed E-state index contributed by atoms with van der Waals surface area (Å²) in [6, 6.07) is 11.2. The zero-order valence-electron chi connectivity index (χ0n) is 12.6. The Hall–Kier alpha value is -1.79. The number of amides is 1. The van der Waals surface area contributed by atoms with Crippen molar-refractivity contribution in [3.63, 3.8) is 0 Å². The van der Waals surface area contributed by atoms with Crippen LogP contribution in [0.5, 0.6) is 0 Å². The molecule has 116 valence electrons. The minimum atomic E-state index is -0.109. The van der Waals surface area contributed by atoms with Gasteiger partial charge in [0.05, 0.1) is 0 Å². The maximum Gasteiger partial charge on any atom is 0.272 e. The van der Waals surface area contributed by atoms with Gasteiger partial charge in [0.25, 0.3) is 5.91 Å². The third-order valence-corrected chi connectivity index (χ3v) is 4.67. The zero-order chi connectivity index (χ0) is 15.4. The lowest BCUT2D eigenvalue weighted by Crippen LogP contribution is -2.48. The van der Waals surface area contributed by atoms with E-state index >= 15 is 0 Å². The molecule has 0 bridgehead atoms. The van der Waals surface area contributed by atoms with Crippen LogP contribution in [-0.2, 0) is 6.54 Å². The fraction of sp³-hybridized carbons (Fsp3) is 0.438. The SMILES string of the molecule is CC1CC(NC(=O)c2csnn2)CCN1Cc1ccccc1. The Bertz CT molecular complexity index is 602. The number of nitrogens with one attached hydrogen (secondary N) is 1. The Balaban J connectivity index is 1.52. The summed E-state index contributed by atoms with van der Waals surface area (Å²) in [5.74, 6) is -0.109. The molecular weight excluding hydrogens is 296 g/mol. The fourth-order valence-electron chi connectivity index (χ4n) is 2.93. The molecular formula is C16H20N4OS. The molecule has 1 fully saturated rings. The van der Waals surface area contributed by atoms with E-state index in [1.54, 1.807) is 5.38 Å². The Labute approximate surface area is 134 Å². The van der Waals surface area contributed by atoms with Crippen LogP contribution in [0.4, 0.5) is 0 Å². The van der Waals surface area contributed by atoms with E-state index in [0.717, 1.165) is 25.9 Å². The third kappa shape index (κ3) is 3.69. The van der Waals surface area contributed by atoms with Crippen molar-refractivity contribution >= 4 is 17.4 Å². The van der Waals surface area contributed by atoms with Crippen molar-refractivity contribution in [2.45, 2.75) is 38.4 Å². The minimum absolute atomic E-state index is 0.109. The number of piperidine rings is 1. The standard InChI is InChI=1S/C16H20N4OS/c1-12-9-14(17-16(21)15-11-22-19-18-15)7-8-20(12)10-13-5-3-2-4-6-13/h2-6,11-12,14H,7-10H2,1H3,(H,17,21). The van der Waals surface area contributed by atoms with Crippen molar-refractivity contribution in [2.75, 3.05) is 6.54 Å². The summed E-state index contributed by atoms with van der Waals surface area (Å²) in [5, 5.41) is 8.58. The molecule has 1 aliphatic rings. The molecule has 0 aliphatic carbocycles. The molecule has 6 heteroatoms. The highest BCUT2D eigenvalue weighted by atomic mass is 32.1. The van der Waals surface area contributed by atoms with Crippen LogP contribution < -0.4 is 5.32 Å². The molecule has 0 radical (unpaired) electrons. The summed E-state index contributed by atoms with van der Waals surface area (Å²) >= 11 is 1.20. The number of nitrogens with zero attached hydrogens (tertiary/aromatic N) is 3. The van der Waals surface area contributed by atoms with Crippen molar-refractivity contribution in [2.24, 2.45) is 0 Å². The van der Waals surface area contributed by atoms with E-state index in [9.17, 15) is 4.79 Å². The molecule has 1 aromatic heterocycles. The van der Waals surface area contributed by atoms with Crippen LogP contribution in [0.15, 0.2) is 35.7 Å². The van der Waals surface area contributed by atoms with Gasteiger partial charge in [-0.1, -0.05) is 34.8 Å². The molecule has 1 aliphatic heterocycles. The molecule has 3 rings (SSSR count). The normalized spacial score (nSPS) is 22.4. The molecule has 1 amide bonds. The van der Waals surface area contributed by atoms with E-state index in [4.69, 9.17) is 0 Å². The average molecular weight is 316 g/mol. The predicted octanol–water partition coefficient (Wildman–Crippen LogP) is 2.32. The highest BCUT2D eigenvalue weighted by molar-refractivity contribution is 7.03. The van der Waals surface area contributed by atoms with Gasteiger partial charge in [0.2, 0.25) is 0 Å². The van der Waals surface area contributed by atoms with Gasteiger partial charge < -0.3 is 5.32 Å². The van der Waals surface area contributed by atoms with Crippen LogP contribution in [0.3, 0.4) is 0 Å². The topological polar surface area (TPSA) is 58.1 Å². The number of hydrogen-bond donors (Lipinski definition) is 1. The van der Waals surface area contributed by atoms with E-state index in [0.29, 0.717) is 11.7 Å². The van der Waals surface area contributed by atoms with Crippen LogP contribution in [-0.4, -0.2) is 39.0 Å². The largest absolute Gasteiger partial charge is 0.348 e. The van der Waals surface area contributed by atoms with E-state index in [2.05, 4.69) is 51.0 Å². The first-order valence-electron chi connectivity index (χ1n) is 7.58. The van der Waals surface area contributed by atoms with Crippen LogP contribution in [0.1, 0.15) is 35.8 Å². The lowest BCUT2D eigenvalue weighted by atomic mass is 9.97.